The summed E-state index contributed by atoms with van der Waals surface area (Å²) in [5, 5.41) is 4.01. The number of esters is 1. The molecule has 2 heterocycles. The Labute approximate surface area is 132 Å². The van der Waals surface area contributed by atoms with E-state index in [-0.39, 0.29) is 12.4 Å². The molecule has 1 aromatic carbocycles. The summed E-state index contributed by atoms with van der Waals surface area (Å²) in [4.78, 5) is 27.0. The molecule has 0 radical (unpaired) electrons. The first-order valence-corrected chi connectivity index (χ1v) is 7.05. The predicted molar refractivity (Wildman–Crippen MR) is 83.0 cm³/mol. The molecule has 0 aliphatic carbocycles. The molecule has 0 fully saturated rings. The van der Waals surface area contributed by atoms with Crippen LogP contribution in [0.15, 0.2) is 55.1 Å². The van der Waals surface area contributed by atoms with E-state index >= 15 is 0 Å². The Hall–Kier alpha value is -3.15. The summed E-state index contributed by atoms with van der Waals surface area (Å²) in [6.45, 7) is 0.163. The van der Waals surface area contributed by atoms with Crippen LogP contribution in [0, 0.1) is 0 Å². The van der Waals surface area contributed by atoms with E-state index < -0.39 is 5.97 Å². The van der Waals surface area contributed by atoms with Crippen LogP contribution in [0.3, 0.4) is 0 Å². The number of aromatic nitrogens is 3. The number of carbonyl (C=O) groups is 2. The summed E-state index contributed by atoms with van der Waals surface area (Å²) in [5.74, 6) is -0.531. The maximum atomic E-state index is 12.2. The van der Waals surface area contributed by atoms with Crippen LogP contribution in [-0.4, -0.2) is 26.5 Å². The maximum absolute atomic E-state index is 12.2. The van der Waals surface area contributed by atoms with Gasteiger partial charge in [-0.2, -0.15) is 5.10 Å². The highest BCUT2D eigenvalue weighted by Crippen LogP contribution is 2.12. The van der Waals surface area contributed by atoms with Gasteiger partial charge in [0.1, 0.15) is 6.61 Å². The van der Waals surface area contributed by atoms with Crippen molar-refractivity contribution < 1.29 is 14.3 Å². The highest BCUT2D eigenvalue weighted by molar-refractivity contribution is 6.09. The van der Waals surface area contributed by atoms with E-state index in [4.69, 9.17) is 4.74 Å². The lowest BCUT2D eigenvalue weighted by Crippen LogP contribution is -2.06. The SMILES string of the molecule is Cn1cc(COC(=O)c2ccc(C(=O)c3cc[nH]c3)cc2)cn1. The van der Waals surface area contributed by atoms with E-state index in [2.05, 4.69) is 10.1 Å². The van der Waals surface area contributed by atoms with Crippen molar-refractivity contribution in [2.75, 3.05) is 0 Å². The highest BCUT2D eigenvalue weighted by atomic mass is 16.5. The van der Waals surface area contributed by atoms with Gasteiger partial charge in [-0.1, -0.05) is 12.1 Å². The first kappa shape index (κ1) is 14.8. The van der Waals surface area contributed by atoms with E-state index in [0.29, 0.717) is 16.7 Å². The lowest BCUT2D eigenvalue weighted by molar-refractivity contribution is 0.0472. The van der Waals surface area contributed by atoms with Crippen molar-refractivity contribution >= 4 is 11.8 Å². The fourth-order valence-corrected chi connectivity index (χ4v) is 2.17. The van der Waals surface area contributed by atoms with Crippen molar-refractivity contribution in [3.63, 3.8) is 0 Å². The minimum atomic E-state index is -0.436. The van der Waals surface area contributed by atoms with Gasteiger partial charge in [0.25, 0.3) is 0 Å². The quantitative estimate of drug-likeness (QED) is 0.579. The molecule has 0 bridgehead atoms. The van der Waals surface area contributed by atoms with Gasteiger partial charge in [0.15, 0.2) is 5.78 Å². The second-order valence-electron chi connectivity index (χ2n) is 5.10. The molecule has 2 aromatic heterocycles. The van der Waals surface area contributed by atoms with Crippen LogP contribution < -0.4 is 0 Å². The summed E-state index contributed by atoms with van der Waals surface area (Å²) in [7, 11) is 1.80. The molecular weight excluding hydrogens is 294 g/mol. The summed E-state index contributed by atoms with van der Waals surface area (Å²) in [6.07, 6.45) is 6.76. The van der Waals surface area contributed by atoms with E-state index in [9.17, 15) is 9.59 Å². The van der Waals surface area contributed by atoms with Crippen molar-refractivity contribution in [1.29, 1.82) is 0 Å². The average Bonchev–Trinajstić information content (AvgIpc) is 3.24. The lowest BCUT2D eigenvalue weighted by Gasteiger charge is -2.04. The highest BCUT2D eigenvalue weighted by Gasteiger charge is 2.12. The molecule has 0 atom stereocenters. The molecule has 3 aromatic rings. The zero-order valence-electron chi connectivity index (χ0n) is 12.5. The molecule has 0 unspecified atom stereocenters. The Balaban J connectivity index is 1.64. The Kier molecular flexibility index (Phi) is 4.05. The van der Waals surface area contributed by atoms with Crippen LogP contribution in [0.4, 0.5) is 0 Å². The number of benzene rings is 1. The molecular formula is C17H15N3O3. The Morgan fingerprint density at radius 2 is 1.87 bits per heavy atom. The number of ether oxygens (including phenoxy) is 1. The standard InChI is InChI=1S/C17H15N3O3/c1-20-10-12(8-19-20)11-23-17(22)14-4-2-13(3-5-14)16(21)15-6-7-18-9-15/h2-10,18H,11H2,1H3. The maximum Gasteiger partial charge on any atom is 0.338 e. The summed E-state index contributed by atoms with van der Waals surface area (Å²) in [5.41, 5.74) is 2.32. The molecule has 1 N–H and O–H groups in total. The van der Waals surface area contributed by atoms with Crippen LogP contribution in [0.2, 0.25) is 0 Å². The Bertz CT molecular complexity index is 817. The van der Waals surface area contributed by atoms with Gasteiger partial charge in [-0.3, -0.25) is 9.48 Å². The third-order valence-electron chi connectivity index (χ3n) is 3.37. The topological polar surface area (TPSA) is 77.0 Å². The van der Waals surface area contributed by atoms with Crippen molar-refractivity contribution in [2.24, 2.45) is 7.05 Å². The summed E-state index contributed by atoms with van der Waals surface area (Å²) in [6, 6.07) is 8.13. The zero-order valence-corrected chi connectivity index (χ0v) is 12.5. The molecule has 0 saturated heterocycles. The van der Waals surface area contributed by atoms with Crippen LogP contribution in [-0.2, 0) is 18.4 Å². The molecule has 0 spiro atoms. The second kappa shape index (κ2) is 6.31. The number of hydrogen-bond acceptors (Lipinski definition) is 4. The molecule has 0 aliphatic rings. The van der Waals surface area contributed by atoms with Gasteiger partial charge in [0.05, 0.1) is 11.8 Å². The first-order valence-electron chi connectivity index (χ1n) is 7.05. The monoisotopic (exact) mass is 309 g/mol. The van der Waals surface area contributed by atoms with E-state index in [1.54, 1.807) is 66.8 Å². The van der Waals surface area contributed by atoms with Crippen LogP contribution >= 0.6 is 0 Å². The van der Waals surface area contributed by atoms with Crippen molar-refractivity contribution in [2.45, 2.75) is 6.61 Å². The fourth-order valence-electron chi connectivity index (χ4n) is 2.17. The number of aryl methyl sites for hydroxylation is 1. The molecule has 0 amide bonds. The number of hydrogen-bond donors (Lipinski definition) is 1. The molecule has 0 aliphatic heterocycles. The zero-order chi connectivity index (χ0) is 16.2. The van der Waals surface area contributed by atoms with Gasteiger partial charge in [-0.05, 0) is 18.2 Å². The fraction of sp³-hybridized carbons (Fsp3) is 0.118. The van der Waals surface area contributed by atoms with Crippen molar-refractivity contribution in [3.8, 4) is 0 Å². The molecule has 116 valence electrons. The number of carbonyl (C=O) groups excluding carboxylic acids is 2. The first-order chi connectivity index (χ1) is 11.1. The number of nitrogens with one attached hydrogen (secondary N) is 1. The van der Waals surface area contributed by atoms with Crippen LogP contribution in [0.1, 0.15) is 31.8 Å². The van der Waals surface area contributed by atoms with Gasteiger partial charge < -0.3 is 9.72 Å². The van der Waals surface area contributed by atoms with Gasteiger partial charge in [0, 0.05) is 42.3 Å². The summed E-state index contributed by atoms with van der Waals surface area (Å²) >= 11 is 0. The largest absolute Gasteiger partial charge is 0.457 e. The van der Waals surface area contributed by atoms with E-state index in [1.165, 1.54) is 0 Å². The Morgan fingerprint density at radius 3 is 2.48 bits per heavy atom. The van der Waals surface area contributed by atoms with E-state index in [1.807, 2.05) is 0 Å². The van der Waals surface area contributed by atoms with E-state index in [0.717, 1.165) is 5.56 Å². The van der Waals surface area contributed by atoms with Crippen LogP contribution in [0.5, 0.6) is 0 Å². The number of nitrogens with zero attached hydrogens (tertiary/aromatic N) is 2. The third-order valence-corrected chi connectivity index (χ3v) is 3.37. The molecule has 6 heteroatoms. The number of rotatable bonds is 5. The van der Waals surface area contributed by atoms with Gasteiger partial charge in [-0.15, -0.1) is 0 Å². The number of ketones is 1. The van der Waals surface area contributed by atoms with Gasteiger partial charge >= 0.3 is 5.97 Å². The van der Waals surface area contributed by atoms with Crippen LogP contribution in [0.25, 0.3) is 0 Å². The van der Waals surface area contributed by atoms with Gasteiger partial charge in [0.2, 0.25) is 0 Å². The Morgan fingerprint density at radius 1 is 1.13 bits per heavy atom. The van der Waals surface area contributed by atoms with Crippen molar-refractivity contribution in [1.82, 2.24) is 14.8 Å². The minimum Gasteiger partial charge on any atom is -0.457 e. The minimum absolute atomic E-state index is 0.0958. The smallest absolute Gasteiger partial charge is 0.338 e. The third kappa shape index (κ3) is 3.37. The number of H-pyrrole nitrogens is 1. The second-order valence-corrected chi connectivity index (χ2v) is 5.10. The average molecular weight is 309 g/mol. The predicted octanol–water partition coefficient (Wildman–Crippen LogP) is 2.34. The molecule has 23 heavy (non-hydrogen) atoms. The van der Waals surface area contributed by atoms with Gasteiger partial charge in [-0.25, -0.2) is 4.79 Å². The lowest BCUT2D eigenvalue weighted by atomic mass is 10.0. The normalized spacial score (nSPS) is 10.5. The van der Waals surface area contributed by atoms with Crippen molar-refractivity contribution in [3.05, 3.63) is 77.4 Å². The summed E-state index contributed by atoms with van der Waals surface area (Å²) < 4.78 is 6.86. The number of aromatic amines is 1. The molecule has 3 rings (SSSR count). The molecule has 0 saturated carbocycles. The molecule has 6 nitrogen and oxygen atoms in total.